The summed E-state index contributed by atoms with van der Waals surface area (Å²) in [5, 5.41) is 25.8. The van der Waals surface area contributed by atoms with E-state index in [0.29, 0.717) is 11.5 Å². The van der Waals surface area contributed by atoms with Crippen molar-refractivity contribution in [2.24, 2.45) is 0 Å². The second-order valence-corrected chi connectivity index (χ2v) is 12.7. The van der Waals surface area contributed by atoms with Gasteiger partial charge in [0.25, 0.3) is 0 Å². The van der Waals surface area contributed by atoms with Gasteiger partial charge in [-0.25, -0.2) is 0 Å². The average Bonchev–Trinajstić information content (AvgIpc) is 2.66. The molecule has 3 aromatic rings. The summed E-state index contributed by atoms with van der Waals surface area (Å²) in [6.45, 7) is 16.9. The molecule has 0 radical (unpaired) electrons. The molecule has 3 heteroatoms. The summed E-state index contributed by atoms with van der Waals surface area (Å²) in [4.78, 5) is 0. The average molecular weight is 435 g/mol. The zero-order valence-corrected chi connectivity index (χ0v) is 20.9. The lowest BCUT2D eigenvalue weighted by Crippen LogP contribution is -2.26. The third-order valence-corrected chi connectivity index (χ3v) is 8.04. The fraction of sp³-hybridized carbons (Fsp3) is 0.357. The van der Waals surface area contributed by atoms with Crippen LogP contribution in [0.4, 0.5) is 0 Å². The van der Waals surface area contributed by atoms with Gasteiger partial charge in [0.2, 0.25) is 0 Å². The normalized spacial score (nSPS) is 12.4. The molecule has 0 aliphatic rings. The number of hydrogen-bond donors (Lipinski definition) is 2. The lowest BCUT2D eigenvalue weighted by Gasteiger charge is -2.29. The number of phenolic OH excluding ortho intramolecular Hbond substituents is 2. The van der Waals surface area contributed by atoms with Gasteiger partial charge in [-0.2, -0.15) is 0 Å². The maximum Gasteiger partial charge on any atom is 0.127 e. The highest BCUT2D eigenvalue weighted by Crippen LogP contribution is 2.44. The van der Waals surface area contributed by atoms with Crippen LogP contribution in [-0.2, 0) is 10.8 Å². The number of aromatic hydroxyl groups is 2. The van der Waals surface area contributed by atoms with Gasteiger partial charge in [0.15, 0.2) is 0 Å². The van der Waals surface area contributed by atoms with Crippen molar-refractivity contribution < 1.29 is 10.2 Å². The van der Waals surface area contributed by atoms with Crippen LogP contribution in [0.2, 0.25) is 0 Å². The van der Waals surface area contributed by atoms with Crippen molar-refractivity contribution >= 4 is 23.8 Å². The molecule has 2 N–H and O–H groups in total. The minimum atomic E-state index is -1.15. The molecule has 0 amide bonds. The molecule has 3 aromatic carbocycles. The second-order valence-electron chi connectivity index (χ2n) is 10.5. The van der Waals surface area contributed by atoms with E-state index in [2.05, 4.69) is 91.8 Å². The summed E-state index contributed by atoms with van der Waals surface area (Å²) in [5.74, 6) is 0.678. The van der Waals surface area contributed by atoms with Crippen molar-refractivity contribution in [3.63, 3.8) is 0 Å². The molecule has 3 rings (SSSR count). The van der Waals surface area contributed by atoms with Crippen LogP contribution in [0.5, 0.6) is 11.5 Å². The lowest BCUT2D eigenvalue weighted by molar-refractivity contribution is 0.450. The van der Waals surface area contributed by atoms with E-state index in [4.69, 9.17) is 0 Å². The predicted octanol–water partition coefficient (Wildman–Crippen LogP) is 6.07. The van der Waals surface area contributed by atoms with Gasteiger partial charge in [0, 0.05) is 21.7 Å². The Morgan fingerprint density at radius 3 is 1.35 bits per heavy atom. The molecular weight excluding hydrogens is 399 g/mol. The Hall–Kier alpha value is -2.31. The summed E-state index contributed by atoms with van der Waals surface area (Å²) < 4.78 is 0. The molecule has 0 bridgehead atoms. The molecule has 0 aromatic heterocycles. The van der Waals surface area contributed by atoms with Gasteiger partial charge in [-0.05, 0) is 61.2 Å². The first-order valence-corrected chi connectivity index (χ1v) is 12.2. The van der Waals surface area contributed by atoms with Crippen molar-refractivity contribution in [3.8, 4) is 11.5 Å². The third-order valence-electron chi connectivity index (χ3n) is 5.58. The predicted molar refractivity (Wildman–Crippen MR) is 135 cm³/mol. The third kappa shape index (κ3) is 4.80. The molecule has 0 aliphatic carbocycles. The van der Waals surface area contributed by atoms with Crippen LogP contribution in [0.3, 0.4) is 0 Å². The van der Waals surface area contributed by atoms with Crippen LogP contribution < -0.4 is 15.9 Å². The number of phenols is 2. The van der Waals surface area contributed by atoms with Gasteiger partial charge in [-0.1, -0.05) is 84.0 Å². The molecule has 0 atom stereocenters. The minimum Gasteiger partial charge on any atom is -0.507 e. The lowest BCUT2D eigenvalue weighted by atomic mass is 9.85. The minimum absolute atomic E-state index is 0.187. The molecule has 0 spiro atoms. The zero-order valence-electron chi connectivity index (χ0n) is 20.0. The first-order valence-electron chi connectivity index (χ1n) is 10.8. The number of hydrogen-bond acceptors (Lipinski definition) is 2. The van der Waals surface area contributed by atoms with Crippen LogP contribution in [0.1, 0.15) is 63.8 Å². The molecule has 0 unspecified atom stereocenters. The van der Waals surface area contributed by atoms with Crippen LogP contribution in [0.25, 0.3) is 0 Å². The van der Waals surface area contributed by atoms with Gasteiger partial charge >= 0.3 is 0 Å². The Bertz CT molecular complexity index is 1020. The van der Waals surface area contributed by atoms with Gasteiger partial charge in [-0.15, -0.1) is 0 Å². The molecule has 164 valence electrons. The summed E-state index contributed by atoms with van der Waals surface area (Å²) >= 11 is 0. The maximum absolute atomic E-state index is 11.5. The summed E-state index contributed by atoms with van der Waals surface area (Å²) in [7, 11) is -1.15. The van der Waals surface area contributed by atoms with Crippen molar-refractivity contribution in [3.05, 3.63) is 76.9 Å². The van der Waals surface area contributed by atoms with Crippen molar-refractivity contribution in [1.82, 2.24) is 0 Å². The van der Waals surface area contributed by atoms with E-state index in [1.54, 1.807) is 0 Å². The summed E-state index contributed by atoms with van der Waals surface area (Å²) in [6, 6.07) is 18.6. The quantitative estimate of drug-likeness (QED) is 0.491. The largest absolute Gasteiger partial charge is 0.507 e. The van der Waals surface area contributed by atoms with Crippen molar-refractivity contribution in [1.29, 1.82) is 0 Å². The molecule has 2 nitrogen and oxygen atoms in total. The van der Waals surface area contributed by atoms with Crippen molar-refractivity contribution in [2.45, 2.75) is 66.2 Å². The van der Waals surface area contributed by atoms with Crippen LogP contribution >= 0.6 is 7.92 Å². The molecule has 0 saturated carbocycles. The second kappa shape index (κ2) is 8.32. The fourth-order valence-corrected chi connectivity index (χ4v) is 6.60. The smallest absolute Gasteiger partial charge is 0.127 e. The highest BCUT2D eigenvalue weighted by Gasteiger charge is 2.30. The fourth-order valence-electron chi connectivity index (χ4n) is 3.99. The number of rotatable bonds is 3. The molecule has 0 aliphatic heterocycles. The summed E-state index contributed by atoms with van der Waals surface area (Å²) in [5.41, 5.74) is 3.73. The molecule has 0 fully saturated rings. The Balaban J connectivity index is 2.40. The van der Waals surface area contributed by atoms with Crippen LogP contribution in [-0.4, -0.2) is 10.2 Å². The SMILES string of the molecule is Cc1cc(P(c2ccccc2)c2cc(C)cc(C(C)(C)C)c2O)c(O)c(C(C)(C)C)c1. The Morgan fingerprint density at radius 1 is 0.613 bits per heavy atom. The van der Waals surface area contributed by atoms with E-state index in [1.165, 1.54) is 0 Å². The van der Waals surface area contributed by atoms with Crippen LogP contribution in [0.15, 0.2) is 54.6 Å². The zero-order chi connectivity index (χ0) is 23.1. The first kappa shape index (κ1) is 23.4. The van der Waals surface area contributed by atoms with E-state index in [9.17, 15) is 10.2 Å². The van der Waals surface area contributed by atoms with Crippen molar-refractivity contribution in [2.75, 3.05) is 0 Å². The van der Waals surface area contributed by atoms with E-state index in [1.807, 2.05) is 18.2 Å². The van der Waals surface area contributed by atoms with E-state index in [0.717, 1.165) is 38.2 Å². The van der Waals surface area contributed by atoms with Crippen LogP contribution in [0, 0.1) is 13.8 Å². The van der Waals surface area contributed by atoms with Gasteiger partial charge in [0.1, 0.15) is 11.5 Å². The maximum atomic E-state index is 11.5. The molecule has 0 saturated heterocycles. The first-order chi connectivity index (χ1) is 14.3. The molecule has 31 heavy (non-hydrogen) atoms. The Morgan fingerprint density at radius 2 is 1.00 bits per heavy atom. The summed E-state index contributed by atoms with van der Waals surface area (Å²) in [6.07, 6.45) is 0. The monoisotopic (exact) mass is 434 g/mol. The Labute approximate surface area is 188 Å². The standard InChI is InChI=1S/C28H35O2P/c1-18-14-21(27(3,4)5)25(29)23(16-18)31(20-12-10-9-11-13-20)24-17-19(2)15-22(26(24)30)28(6,7)8/h9-17,29-30H,1-8H3. The van der Waals surface area contributed by atoms with E-state index < -0.39 is 7.92 Å². The highest BCUT2D eigenvalue weighted by atomic mass is 31.1. The van der Waals surface area contributed by atoms with E-state index in [-0.39, 0.29) is 10.8 Å². The van der Waals surface area contributed by atoms with Gasteiger partial charge < -0.3 is 10.2 Å². The topological polar surface area (TPSA) is 40.5 Å². The Kier molecular flexibility index (Phi) is 6.27. The highest BCUT2D eigenvalue weighted by molar-refractivity contribution is 7.80. The number of aryl methyl sites for hydroxylation is 2. The van der Waals surface area contributed by atoms with E-state index >= 15 is 0 Å². The van der Waals surface area contributed by atoms with Gasteiger partial charge in [0.05, 0.1) is 0 Å². The molecule has 0 heterocycles. The molecular formula is C28H35O2P. The number of benzene rings is 3. The van der Waals surface area contributed by atoms with Gasteiger partial charge in [-0.3, -0.25) is 0 Å².